The van der Waals surface area contributed by atoms with E-state index in [-0.39, 0.29) is 23.1 Å². The minimum atomic E-state index is -4.95. The zero-order chi connectivity index (χ0) is 14.6. The van der Waals surface area contributed by atoms with Crippen LogP contribution in [0.15, 0.2) is 18.2 Å². The minimum Gasteiger partial charge on any atom is -0.406 e. The molecule has 1 aromatic carbocycles. The third-order valence-electron chi connectivity index (χ3n) is 1.95. The van der Waals surface area contributed by atoms with Gasteiger partial charge in [-0.2, -0.15) is 0 Å². The van der Waals surface area contributed by atoms with Crippen molar-refractivity contribution in [2.75, 3.05) is 5.33 Å². The van der Waals surface area contributed by atoms with E-state index < -0.39 is 22.7 Å². The van der Waals surface area contributed by atoms with Crippen LogP contribution < -0.4 is 4.74 Å². The molecule has 0 aliphatic heterocycles. The van der Waals surface area contributed by atoms with E-state index in [1.165, 1.54) is 0 Å². The SMILES string of the molecule is O=C(CBr)Cc1cc(OC(F)(F)F)cc([N+](=O)[O-])c1. The summed E-state index contributed by atoms with van der Waals surface area (Å²) in [7, 11) is 0. The number of halogens is 4. The summed E-state index contributed by atoms with van der Waals surface area (Å²) in [5, 5.41) is 10.6. The third kappa shape index (κ3) is 5.25. The Morgan fingerprint density at radius 1 is 1.37 bits per heavy atom. The Bertz CT molecular complexity index is 504. The highest BCUT2D eigenvalue weighted by molar-refractivity contribution is 9.09. The largest absolute Gasteiger partial charge is 0.573 e. The van der Waals surface area contributed by atoms with Crippen molar-refractivity contribution in [1.29, 1.82) is 0 Å². The number of hydrogen-bond donors (Lipinski definition) is 0. The van der Waals surface area contributed by atoms with Crippen LogP contribution in [0.1, 0.15) is 5.56 Å². The fourth-order valence-electron chi connectivity index (χ4n) is 1.32. The molecule has 0 unspecified atom stereocenters. The Morgan fingerprint density at radius 2 is 2.00 bits per heavy atom. The van der Waals surface area contributed by atoms with Crippen LogP contribution in [-0.4, -0.2) is 22.4 Å². The number of nitro benzene ring substituents is 1. The minimum absolute atomic E-state index is 0.00511. The fraction of sp³-hybridized carbons (Fsp3) is 0.300. The van der Waals surface area contributed by atoms with Crippen molar-refractivity contribution in [2.24, 2.45) is 0 Å². The molecule has 0 aliphatic carbocycles. The molecule has 0 N–H and O–H groups in total. The summed E-state index contributed by atoms with van der Waals surface area (Å²) >= 11 is 2.89. The first-order valence-corrected chi connectivity index (χ1v) is 5.95. The Kier molecular flexibility index (Phi) is 4.87. The van der Waals surface area contributed by atoms with Gasteiger partial charge < -0.3 is 4.74 Å². The lowest BCUT2D eigenvalue weighted by atomic mass is 10.1. The van der Waals surface area contributed by atoms with Gasteiger partial charge in [0, 0.05) is 12.5 Å². The summed E-state index contributed by atoms with van der Waals surface area (Å²) in [6.07, 6.45) is -5.17. The van der Waals surface area contributed by atoms with E-state index in [1.54, 1.807) is 0 Å². The summed E-state index contributed by atoms with van der Waals surface area (Å²) < 4.78 is 39.8. The van der Waals surface area contributed by atoms with E-state index >= 15 is 0 Å². The van der Waals surface area contributed by atoms with Crippen LogP contribution >= 0.6 is 15.9 Å². The zero-order valence-electron chi connectivity index (χ0n) is 9.24. The van der Waals surface area contributed by atoms with Crippen molar-refractivity contribution >= 4 is 27.4 Å². The van der Waals surface area contributed by atoms with Gasteiger partial charge in [-0.05, 0) is 11.6 Å². The first-order chi connectivity index (χ1) is 8.71. The highest BCUT2D eigenvalue weighted by atomic mass is 79.9. The highest BCUT2D eigenvalue weighted by Gasteiger charge is 2.32. The Morgan fingerprint density at radius 3 is 2.47 bits per heavy atom. The van der Waals surface area contributed by atoms with E-state index in [0.717, 1.165) is 12.1 Å². The fourth-order valence-corrected chi connectivity index (χ4v) is 1.52. The molecule has 1 rings (SSSR count). The first-order valence-electron chi connectivity index (χ1n) is 4.83. The van der Waals surface area contributed by atoms with E-state index in [4.69, 9.17) is 0 Å². The van der Waals surface area contributed by atoms with E-state index in [0.29, 0.717) is 6.07 Å². The Hall–Kier alpha value is -1.64. The molecule has 0 fully saturated rings. The molecule has 1 aromatic rings. The van der Waals surface area contributed by atoms with Crippen LogP contribution in [0, 0.1) is 10.1 Å². The predicted molar refractivity (Wildman–Crippen MR) is 62.3 cm³/mol. The van der Waals surface area contributed by atoms with Crippen LogP contribution in [0.25, 0.3) is 0 Å². The molecule has 0 heterocycles. The number of nitrogens with zero attached hydrogens (tertiary/aromatic N) is 1. The third-order valence-corrected chi connectivity index (χ3v) is 2.57. The zero-order valence-corrected chi connectivity index (χ0v) is 10.8. The number of rotatable bonds is 5. The molecule has 9 heteroatoms. The van der Waals surface area contributed by atoms with Crippen LogP contribution in [-0.2, 0) is 11.2 Å². The number of carbonyl (C=O) groups excluding carboxylic acids is 1. The molecule has 0 radical (unpaired) electrons. The molecule has 0 saturated heterocycles. The summed E-state index contributed by atoms with van der Waals surface area (Å²) in [6, 6.07) is 2.63. The van der Waals surface area contributed by atoms with Crippen LogP contribution in [0.5, 0.6) is 5.75 Å². The maximum atomic E-state index is 12.1. The van der Waals surface area contributed by atoms with Crippen LogP contribution in [0.3, 0.4) is 0 Å². The molecule has 5 nitrogen and oxygen atoms in total. The van der Waals surface area contributed by atoms with E-state index in [1.807, 2.05) is 0 Å². The van der Waals surface area contributed by atoms with Gasteiger partial charge in [0.05, 0.1) is 16.3 Å². The second-order valence-electron chi connectivity index (χ2n) is 3.49. The lowest BCUT2D eigenvalue weighted by molar-refractivity contribution is -0.385. The summed E-state index contributed by atoms with van der Waals surface area (Å²) in [6.45, 7) is 0. The molecule has 0 bridgehead atoms. The summed E-state index contributed by atoms with van der Waals surface area (Å²) in [4.78, 5) is 20.9. The van der Waals surface area contributed by atoms with Gasteiger partial charge in [-0.3, -0.25) is 14.9 Å². The average Bonchev–Trinajstić information content (AvgIpc) is 2.25. The van der Waals surface area contributed by atoms with Gasteiger partial charge in [0.25, 0.3) is 5.69 Å². The molecule has 0 spiro atoms. The summed E-state index contributed by atoms with van der Waals surface area (Å²) in [5.41, 5.74) is -0.489. The van der Waals surface area contributed by atoms with Gasteiger partial charge in [0.2, 0.25) is 0 Å². The number of ketones is 1. The van der Waals surface area contributed by atoms with Crippen molar-refractivity contribution in [3.05, 3.63) is 33.9 Å². The topological polar surface area (TPSA) is 69.4 Å². The van der Waals surface area contributed by atoms with Crippen molar-refractivity contribution in [3.8, 4) is 5.75 Å². The molecule has 104 valence electrons. The molecular formula is C10H7BrF3NO4. The average molecular weight is 342 g/mol. The molecule has 0 atom stereocenters. The number of hydrogen-bond acceptors (Lipinski definition) is 4. The number of Topliss-reactive ketones (excluding diaryl/α,β-unsaturated/α-hetero) is 1. The molecule has 0 aliphatic rings. The second-order valence-corrected chi connectivity index (χ2v) is 4.05. The number of nitro groups is 1. The van der Waals surface area contributed by atoms with Crippen molar-refractivity contribution in [3.63, 3.8) is 0 Å². The van der Waals surface area contributed by atoms with Gasteiger partial charge in [-0.15, -0.1) is 13.2 Å². The van der Waals surface area contributed by atoms with Crippen molar-refractivity contribution in [1.82, 2.24) is 0 Å². The quantitative estimate of drug-likeness (QED) is 0.469. The van der Waals surface area contributed by atoms with Gasteiger partial charge in [-0.25, -0.2) is 0 Å². The predicted octanol–water partition coefficient (Wildman–Crippen LogP) is 3.00. The number of benzene rings is 1. The summed E-state index contributed by atoms with van der Waals surface area (Å²) in [5.74, 6) is -1.04. The monoisotopic (exact) mass is 341 g/mol. The normalized spacial score (nSPS) is 11.2. The number of ether oxygens (including phenoxy) is 1. The van der Waals surface area contributed by atoms with Gasteiger partial charge >= 0.3 is 6.36 Å². The molecular weight excluding hydrogens is 335 g/mol. The molecule has 0 saturated carbocycles. The van der Waals surface area contributed by atoms with E-state index in [2.05, 4.69) is 20.7 Å². The van der Waals surface area contributed by atoms with Crippen LogP contribution in [0.4, 0.5) is 18.9 Å². The molecule has 19 heavy (non-hydrogen) atoms. The standard InChI is InChI=1S/C10H7BrF3NO4/c11-5-8(16)2-6-1-7(15(17)18)4-9(3-6)19-10(12,13)14/h1,3-4H,2,5H2. The van der Waals surface area contributed by atoms with Gasteiger partial charge in [0.1, 0.15) is 11.5 Å². The van der Waals surface area contributed by atoms with Crippen LogP contribution in [0.2, 0.25) is 0 Å². The highest BCUT2D eigenvalue weighted by Crippen LogP contribution is 2.28. The van der Waals surface area contributed by atoms with Gasteiger partial charge in [0.15, 0.2) is 0 Å². The van der Waals surface area contributed by atoms with E-state index in [9.17, 15) is 28.1 Å². The molecule has 0 amide bonds. The Balaban J connectivity index is 3.10. The maximum absolute atomic E-state index is 12.1. The first kappa shape index (κ1) is 15.4. The van der Waals surface area contributed by atoms with Crippen molar-refractivity contribution < 1.29 is 27.6 Å². The number of non-ortho nitro benzene ring substituents is 1. The second kappa shape index (κ2) is 6.00. The van der Waals surface area contributed by atoms with Crippen molar-refractivity contribution in [2.45, 2.75) is 12.8 Å². The number of carbonyl (C=O) groups is 1. The van der Waals surface area contributed by atoms with Gasteiger partial charge in [-0.1, -0.05) is 15.9 Å². The maximum Gasteiger partial charge on any atom is 0.573 e. The smallest absolute Gasteiger partial charge is 0.406 e. The lowest BCUT2D eigenvalue weighted by Crippen LogP contribution is -2.17. The number of alkyl halides is 4. The Labute approximate surface area is 113 Å². The lowest BCUT2D eigenvalue weighted by Gasteiger charge is -2.10. The molecule has 0 aromatic heterocycles.